The summed E-state index contributed by atoms with van der Waals surface area (Å²) >= 11 is 1.29. The fourth-order valence-electron chi connectivity index (χ4n) is 2.37. The van der Waals surface area contributed by atoms with Gasteiger partial charge in [0.15, 0.2) is 5.16 Å². The third-order valence-electron chi connectivity index (χ3n) is 3.62. The maximum absolute atomic E-state index is 12.2. The summed E-state index contributed by atoms with van der Waals surface area (Å²) in [5.74, 6) is 0.431. The number of hydrogen-bond acceptors (Lipinski definition) is 7. The number of rotatable bonds is 6. The Bertz CT molecular complexity index is 600. The Hall–Kier alpha value is -1.81. The average Bonchev–Trinajstić information content (AvgIpc) is 2.97. The third kappa shape index (κ3) is 5.33. The molecular formula is C15H26N6O3S. The van der Waals surface area contributed by atoms with Crippen molar-refractivity contribution < 1.29 is 14.3 Å². The van der Waals surface area contributed by atoms with E-state index in [2.05, 4.69) is 25.7 Å². The number of anilines is 1. The van der Waals surface area contributed by atoms with Crippen molar-refractivity contribution in [2.24, 2.45) is 0 Å². The summed E-state index contributed by atoms with van der Waals surface area (Å²) in [7, 11) is 0. The van der Waals surface area contributed by atoms with Crippen molar-refractivity contribution >= 4 is 29.6 Å². The van der Waals surface area contributed by atoms with Crippen LogP contribution in [0.4, 0.5) is 10.7 Å². The first-order valence-corrected chi connectivity index (χ1v) is 9.34. The Balaban J connectivity index is 2.00. The van der Waals surface area contributed by atoms with Crippen LogP contribution in [0.1, 0.15) is 27.7 Å². The molecule has 1 saturated heterocycles. The highest BCUT2D eigenvalue weighted by atomic mass is 32.2. The Kier molecular flexibility index (Phi) is 7.06. The van der Waals surface area contributed by atoms with Crippen LogP contribution in [-0.4, -0.2) is 64.3 Å². The summed E-state index contributed by atoms with van der Waals surface area (Å²) in [6, 6.07) is -0.520. The van der Waals surface area contributed by atoms with Crippen molar-refractivity contribution in [2.45, 2.75) is 50.7 Å². The van der Waals surface area contributed by atoms with E-state index >= 15 is 0 Å². The van der Waals surface area contributed by atoms with Gasteiger partial charge in [-0.3, -0.25) is 14.7 Å². The molecule has 1 aromatic rings. The molecular weight excluding hydrogens is 344 g/mol. The van der Waals surface area contributed by atoms with Gasteiger partial charge in [-0.25, -0.2) is 4.79 Å². The summed E-state index contributed by atoms with van der Waals surface area (Å²) in [6.45, 7) is 11.0. The van der Waals surface area contributed by atoms with E-state index in [1.54, 1.807) is 6.92 Å². The number of amides is 3. The standard InChI is InChI=1S/C15H26N6O3S/c1-5-21-14(20-6-8-24-9-7-20)18-19-15(21)25-11(4)12(22)17-13(23)16-10(2)3/h10-11H,5-9H2,1-4H3,(H2,16,17,22,23)/t11-/m1/s1. The second kappa shape index (κ2) is 9.04. The van der Waals surface area contributed by atoms with E-state index in [0.29, 0.717) is 24.9 Å². The second-order valence-corrected chi connectivity index (χ2v) is 7.31. The number of urea groups is 1. The van der Waals surface area contributed by atoms with Crippen LogP contribution in [0.5, 0.6) is 0 Å². The molecule has 0 radical (unpaired) electrons. The molecule has 2 rings (SSSR count). The number of thioether (sulfide) groups is 1. The monoisotopic (exact) mass is 370 g/mol. The molecule has 0 spiro atoms. The molecule has 2 N–H and O–H groups in total. The molecule has 0 bridgehead atoms. The number of morpholine rings is 1. The first-order valence-electron chi connectivity index (χ1n) is 8.46. The van der Waals surface area contributed by atoms with E-state index in [4.69, 9.17) is 4.74 Å². The minimum absolute atomic E-state index is 0.0324. The molecule has 0 aromatic carbocycles. The summed E-state index contributed by atoms with van der Waals surface area (Å²) in [4.78, 5) is 26.0. The molecule has 1 aliphatic heterocycles. The predicted octanol–water partition coefficient (Wildman–Crippen LogP) is 0.849. The molecule has 0 saturated carbocycles. The molecule has 1 aliphatic rings. The number of aromatic nitrogens is 3. The number of carbonyl (C=O) groups is 2. The number of carbonyl (C=O) groups excluding carboxylic acids is 2. The second-order valence-electron chi connectivity index (χ2n) is 6.00. The van der Waals surface area contributed by atoms with Crippen LogP contribution in [-0.2, 0) is 16.1 Å². The van der Waals surface area contributed by atoms with E-state index in [9.17, 15) is 9.59 Å². The van der Waals surface area contributed by atoms with Gasteiger partial charge in [-0.15, -0.1) is 10.2 Å². The smallest absolute Gasteiger partial charge is 0.321 e. The molecule has 3 amide bonds. The highest BCUT2D eigenvalue weighted by Gasteiger charge is 2.24. The van der Waals surface area contributed by atoms with Crippen LogP contribution in [0.3, 0.4) is 0 Å². The molecule has 1 fully saturated rings. The Morgan fingerprint density at radius 1 is 1.24 bits per heavy atom. The van der Waals surface area contributed by atoms with Gasteiger partial charge >= 0.3 is 6.03 Å². The Morgan fingerprint density at radius 3 is 2.52 bits per heavy atom. The van der Waals surface area contributed by atoms with Gasteiger partial charge in [0.25, 0.3) is 0 Å². The zero-order chi connectivity index (χ0) is 18.4. The summed E-state index contributed by atoms with van der Waals surface area (Å²) < 4.78 is 7.35. The molecule has 10 heteroatoms. The van der Waals surface area contributed by atoms with Gasteiger partial charge in [-0.05, 0) is 27.7 Å². The van der Waals surface area contributed by atoms with Crippen molar-refractivity contribution in [3.8, 4) is 0 Å². The van der Waals surface area contributed by atoms with E-state index in [-0.39, 0.29) is 11.9 Å². The predicted molar refractivity (Wildman–Crippen MR) is 95.9 cm³/mol. The molecule has 2 heterocycles. The Morgan fingerprint density at radius 2 is 1.92 bits per heavy atom. The lowest BCUT2D eigenvalue weighted by Gasteiger charge is -2.27. The van der Waals surface area contributed by atoms with Crippen LogP contribution >= 0.6 is 11.8 Å². The maximum Gasteiger partial charge on any atom is 0.321 e. The molecule has 25 heavy (non-hydrogen) atoms. The lowest BCUT2D eigenvalue weighted by atomic mass is 10.4. The van der Waals surface area contributed by atoms with Gasteiger partial charge in [0.1, 0.15) is 0 Å². The van der Waals surface area contributed by atoms with Gasteiger partial charge in [-0.1, -0.05) is 11.8 Å². The first-order chi connectivity index (χ1) is 11.9. The molecule has 9 nitrogen and oxygen atoms in total. The minimum Gasteiger partial charge on any atom is -0.378 e. The fraction of sp³-hybridized carbons (Fsp3) is 0.733. The largest absolute Gasteiger partial charge is 0.378 e. The quantitative estimate of drug-likeness (QED) is 0.716. The van der Waals surface area contributed by atoms with Crippen molar-refractivity contribution in [1.29, 1.82) is 0 Å². The van der Waals surface area contributed by atoms with Gasteiger partial charge in [0, 0.05) is 25.7 Å². The van der Waals surface area contributed by atoms with Gasteiger partial charge in [0.2, 0.25) is 11.9 Å². The van der Waals surface area contributed by atoms with Crippen molar-refractivity contribution in [1.82, 2.24) is 25.4 Å². The van der Waals surface area contributed by atoms with Gasteiger partial charge in [-0.2, -0.15) is 0 Å². The van der Waals surface area contributed by atoms with Crippen molar-refractivity contribution in [3.63, 3.8) is 0 Å². The van der Waals surface area contributed by atoms with E-state index in [1.807, 2.05) is 25.3 Å². The highest BCUT2D eigenvalue weighted by Crippen LogP contribution is 2.26. The Labute approximate surface area is 151 Å². The number of imide groups is 1. The molecule has 1 atom stereocenters. The molecule has 0 aliphatic carbocycles. The lowest BCUT2D eigenvalue weighted by molar-refractivity contribution is -0.119. The van der Waals surface area contributed by atoms with Crippen LogP contribution in [0, 0.1) is 0 Å². The van der Waals surface area contributed by atoms with E-state index in [1.165, 1.54) is 11.8 Å². The third-order valence-corrected chi connectivity index (χ3v) is 4.70. The normalized spacial score (nSPS) is 16.0. The summed E-state index contributed by atoms with van der Waals surface area (Å²) in [5.41, 5.74) is 0. The van der Waals surface area contributed by atoms with E-state index < -0.39 is 11.3 Å². The zero-order valence-electron chi connectivity index (χ0n) is 15.1. The van der Waals surface area contributed by atoms with Crippen LogP contribution in [0.2, 0.25) is 0 Å². The molecule has 0 unspecified atom stereocenters. The van der Waals surface area contributed by atoms with Gasteiger partial charge < -0.3 is 15.0 Å². The van der Waals surface area contributed by atoms with Crippen molar-refractivity contribution in [2.75, 3.05) is 31.2 Å². The molecule has 140 valence electrons. The van der Waals surface area contributed by atoms with E-state index in [0.717, 1.165) is 19.0 Å². The first kappa shape index (κ1) is 19.5. The molecule has 1 aromatic heterocycles. The lowest BCUT2D eigenvalue weighted by Crippen LogP contribution is -2.45. The fourth-order valence-corrected chi connectivity index (χ4v) is 3.27. The minimum atomic E-state index is -0.488. The van der Waals surface area contributed by atoms with Crippen molar-refractivity contribution in [3.05, 3.63) is 0 Å². The highest BCUT2D eigenvalue weighted by molar-refractivity contribution is 8.00. The van der Waals surface area contributed by atoms with Gasteiger partial charge in [0.05, 0.1) is 18.5 Å². The topological polar surface area (TPSA) is 101 Å². The number of hydrogen-bond donors (Lipinski definition) is 2. The van der Waals surface area contributed by atoms with Crippen LogP contribution in [0.25, 0.3) is 0 Å². The number of nitrogens with zero attached hydrogens (tertiary/aromatic N) is 4. The zero-order valence-corrected chi connectivity index (χ0v) is 15.9. The summed E-state index contributed by atoms with van der Waals surface area (Å²) in [5, 5.41) is 13.7. The number of nitrogens with one attached hydrogen (secondary N) is 2. The maximum atomic E-state index is 12.2. The van der Waals surface area contributed by atoms with Crippen LogP contribution in [0.15, 0.2) is 5.16 Å². The SMILES string of the molecule is CCn1c(S[C@H](C)C(=O)NC(=O)NC(C)C)nnc1N1CCOCC1. The average molecular weight is 370 g/mol. The van der Waals surface area contributed by atoms with Crippen LogP contribution < -0.4 is 15.5 Å². The summed E-state index contributed by atoms with van der Waals surface area (Å²) in [6.07, 6.45) is 0. The number of ether oxygens (including phenoxy) is 1.